The number of hydrogen-bond donors (Lipinski definition) is 2. The molecule has 0 aromatic heterocycles. The van der Waals surface area contributed by atoms with Crippen molar-refractivity contribution in [2.75, 3.05) is 20.3 Å². The zero-order valence-electron chi connectivity index (χ0n) is 11.3. The van der Waals surface area contributed by atoms with Crippen LogP contribution in [0, 0.1) is 0 Å². The molecule has 102 valence electrons. The highest BCUT2D eigenvalue weighted by Gasteiger charge is 2.07. The van der Waals surface area contributed by atoms with E-state index in [1.165, 1.54) is 0 Å². The molecule has 0 aliphatic heterocycles. The number of benzene rings is 1. The summed E-state index contributed by atoms with van der Waals surface area (Å²) in [5.41, 5.74) is 0. The van der Waals surface area contributed by atoms with Gasteiger partial charge in [-0.1, -0.05) is 13.0 Å². The zero-order chi connectivity index (χ0) is 13.4. The molecule has 1 aromatic rings. The summed E-state index contributed by atoms with van der Waals surface area (Å²) in [6, 6.07) is 7.77. The Bertz CT molecular complexity index is 344. The van der Waals surface area contributed by atoms with Gasteiger partial charge in [-0.2, -0.15) is 0 Å². The Hall–Kier alpha value is -1.26. The number of rotatable bonds is 8. The van der Waals surface area contributed by atoms with Gasteiger partial charge in [-0.15, -0.1) is 0 Å². The molecule has 0 fully saturated rings. The van der Waals surface area contributed by atoms with E-state index in [1.54, 1.807) is 13.2 Å². The molecule has 0 aliphatic carbocycles. The van der Waals surface area contributed by atoms with Crippen LogP contribution in [0.4, 0.5) is 0 Å². The fourth-order valence-corrected chi connectivity index (χ4v) is 1.42. The number of ether oxygens (including phenoxy) is 2. The Kier molecular flexibility index (Phi) is 6.54. The third-order valence-electron chi connectivity index (χ3n) is 2.80. The van der Waals surface area contributed by atoms with Crippen LogP contribution in [-0.4, -0.2) is 37.5 Å². The number of aliphatic hydroxyl groups excluding tert-OH is 1. The van der Waals surface area contributed by atoms with Crippen molar-refractivity contribution in [3.8, 4) is 11.5 Å². The summed E-state index contributed by atoms with van der Waals surface area (Å²) in [4.78, 5) is 0. The SMILES string of the molecule is CC[C@H](C)NC[C@@H](O)COc1cccc(OC)c1. The molecule has 0 saturated carbocycles. The van der Waals surface area contributed by atoms with Gasteiger partial charge in [0.2, 0.25) is 0 Å². The summed E-state index contributed by atoms with van der Waals surface area (Å²) < 4.78 is 10.6. The van der Waals surface area contributed by atoms with Crippen molar-refractivity contribution in [3.05, 3.63) is 24.3 Å². The van der Waals surface area contributed by atoms with E-state index in [0.29, 0.717) is 18.3 Å². The fraction of sp³-hybridized carbons (Fsp3) is 0.571. The summed E-state index contributed by atoms with van der Waals surface area (Å²) in [6.45, 7) is 5.02. The lowest BCUT2D eigenvalue weighted by atomic mass is 10.2. The van der Waals surface area contributed by atoms with Crippen molar-refractivity contribution in [2.45, 2.75) is 32.4 Å². The quantitative estimate of drug-likeness (QED) is 0.742. The smallest absolute Gasteiger partial charge is 0.123 e. The molecule has 0 spiro atoms. The maximum absolute atomic E-state index is 9.76. The number of hydrogen-bond acceptors (Lipinski definition) is 4. The second kappa shape index (κ2) is 7.95. The zero-order valence-corrected chi connectivity index (χ0v) is 11.3. The molecule has 18 heavy (non-hydrogen) atoms. The molecule has 4 heteroatoms. The Balaban J connectivity index is 2.30. The minimum absolute atomic E-state index is 0.274. The van der Waals surface area contributed by atoms with Crippen molar-refractivity contribution >= 4 is 0 Å². The highest BCUT2D eigenvalue weighted by Crippen LogP contribution is 2.18. The van der Waals surface area contributed by atoms with E-state index in [1.807, 2.05) is 18.2 Å². The van der Waals surface area contributed by atoms with E-state index in [9.17, 15) is 5.11 Å². The first-order valence-electron chi connectivity index (χ1n) is 6.34. The van der Waals surface area contributed by atoms with Gasteiger partial charge in [0.05, 0.1) is 7.11 Å². The first-order valence-corrected chi connectivity index (χ1v) is 6.34. The van der Waals surface area contributed by atoms with Crippen LogP contribution in [0.15, 0.2) is 24.3 Å². The second-order valence-electron chi connectivity index (χ2n) is 4.36. The van der Waals surface area contributed by atoms with Crippen LogP contribution in [0.3, 0.4) is 0 Å². The second-order valence-corrected chi connectivity index (χ2v) is 4.36. The average molecular weight is 253 g/mol. The van der Waals surface area contributed by atoms with Crippen LogP contribution in [0.25, 0.3) is 0 Å². The first-order chi connectivity index (χ1) is 8.65. The van der Waals surface area contributed by atoms with Gasteiger partial charge in [-0.25, -0.2) is 0 Å². The topological polar surface area (TPSA) is 50.7 Å². The minimum Gasteiger partial charge on any atom is -0.497 e. The number of aliphatic hydroxyl groups is 1. The van der Waals surface area contributed by atoms with Gasteiger partial charge in [0.15, 0.2) is 0 Å². The normalized spacial score (nSPS) is 14.0. The van der Waals surface area contributed by atoms with Gasteiger partial charge in [-0.05, 0) is 25.5 Å². The molecule has 0 amide bonds. The molecule has 1 rings (SSSR count). The summed E-state index contributed by atoms with van der Waals surface area (Å²) in [6.07, 6.45) is 0.536. The van der Waals surface area contributed by atoms with Crippen molar-refractivity contribution in [2.24, 2.45) is 0 Å². The predicted octanol–water partition coefficient (Wildman–Crippen LogP) is 1.82. The minimum atomic E-state index is -0.509. The van der Waals surface area contributed by atoms with Crippen LogP contribution >= 0.6 is 0 Å². The Morgan fingerprint density at radius 3 is 2.72 bits per heavy atom. The van der Waals surface area contributed by atoms with Crippen LogP contribution in [-0.2, 0) is 0 Å². The van der Waals surface area contributed by atoms with E-state index in [4.69, 9.17) is 9.47 Å². The summed E-state index contributed by atoms with van der Waals surface area (Å²) in [7, 11) is 1.62. The first kappa shape index (κ1) is 14.8. The van der Waals surface area contributed by atoms with Crippen molar-refractivity contribution in [1.29, 1.82) is 0 Å². The number of methoxy groups -OCH3 is 1. The Morgan fingerprint density at radius 2 is 2.06 bits per heavy atom. The molecule has 0 unspecified atom stereocenters. The van der Waals surface area contributed by atoms with E-state index >= 15 is 0 Å². The molecule has 0 heterocycles. The van der Waals surface area contributed by atoms with Gasteiger partial charge in [0.25, 0.3) is 0 Å². The van der Waals surface area contributed by atoms with E-state index in [2.05, 4.69) is 19.2 Å². The van der Waals surface area contributed by atoms with Gasteiger partial charge in [-0.3, -0.25) is 0 Å². The summed E-state index contributed by atoms with van der Waals surface area (Å²) >= 11 is 0. The van der Waals surface area contributed by atoms with Crippen molar-refractivity contribution in [3.63, 3.8) is 0 Å². The largest absolute Gasteiger partial charge is 0.497 e. The lowest BCUT2D eigenvalue weighted by Gasteiger charge is -2.16. The van der Waals surface area contributed by atoms with Crippen LogP contribution in [0.2, 0.25) is 0 Å². The molecule has 4 nitrogen and oxygen atoms in total. The van der Waals surface area contributed by atoms with Crippen LogP contribution < -0.4 is 14.8 Å². The third kappa shape index (κ3) is 5.38. The lowest BCUT2D eigenvalue weighted by Crippen LogP contribution is -2.36. The van der Waals surface area contributed by atoms with Crippen LogP contribution in [0.1, 0.15) is 20.3 Å². The van der Waals surface area contributed by atoms with E-state index in [-0.39, 0.29) is 6.61 Å². The molecule has 2 N–H and O–H groups in total. The summed E-state index contributed by atoms with van der Waals surface area (Å²) in [5.74, 6) is 1.46. The molecule has 1 aromatic carbocycles. The third-order valence-corrected chi connectivity index (χ3v) is 2.80. The molecule has 0 bridgehead atoms. The molecule has 2 atom stereocenters. The van der Waals surface area contributed by atoms with Crippen molar-refractivity contribution < 1.29 is 14.6 Å². The fourth-order valence-electron chi connectivity index (χ4n) is 1.42. The van der Waals surface area contributed by atoms with Gasteiger partial charge >= 0.3 is 0 Å². The number of nitrogens with one attached hydrogen (secondary N) is 1. The standard InChI is InChI=1S/C14H23NO3/c1-4-11(2)15-9-12(16)10-18-14-7-5-6-13(8-14)17-3/h5-8,11-12,15-16H,4,9-10H2,1-3H3/t11-,12+/m0/s1. The highest BCUT2D eigenvalue weighted by molar-refractivity contribution is 5.32. The van der Waals surface area contributed by atoms with E-state index in [0.717, 1.165) is 12.2 Å². The summed E-state index contributed by atoms with van der Waals surface area (Å²) in [5, 5.41) is 13.0. The van der Waals surface area contributed by atoms with Gasteiger partial charge < -0.3 is 19.9 Å². The lowest BCUT2D eigenvalue weighted by molar-refractivity contribution is 0.104. The van der Waals surface area contributed by atoms with Crippen LogP contribution in [0.5, 0.6) is 11.5 Å². The maximum Gasteiger partial charge on any atom is 0.123 e. The van der Waals surface area contributed by atoms with Gasteiger partial charge in [0.1, 0.15) is 24.2 Å². The molecule has 0 saturated heterocycles. The molecular weight excluding hydrogens is 230 g/mol. The van der Waals surface area contributed by atoms with Gasteiger partial charge in [0, 0.05) is 18.7 Å². The van der Waals surface area contributed by atoms with Crippen molar-refractivity contribution in [1.82, 2.24) is 5.32 Å². The Labute approximate surface area is 109 Å². The Morgan fingerprint density at radius 1 is 1.33 bits per heavy atom. The predicted molar refractivity (Wildman–Crippen MR) is 72.3 cm³/mol. The van der Waals surface area contributed by atoms with E-state index < -0.39 is 6.10 Å². The highest BCUT2D eigenvalue weighted by atomic mass is 16.5. The molecule has 0 radical (unpaired) electrons. The molecule has 0 aliphatic rings. The average Bonchev–Trinajstić information content (AvgIpc) is 2.42. The maximum atomic E-state index is 9.76. The molecular formula is C14H23NO3. The monoisotopic (exact) mass is 253 g/mol.